The van der Waals surface area contributed by atoms with E-state index in [1.54, 1.807) is 41.2 Å². The smallest absolute Gasteiger partial charge is 0.251 e. The van der Waals surface area contributed by atoms with Crippen LogP contribution in [0.5, 0.6) is 0 Å². The van der Waals surface area contributed by atoms with Gasteiger partial charge in [-0.05, 0) is 42.0 Å². The van der Waals surface area contributed by atoms with Crippen LogP contribution >= 0.6 is 0 Å². The van der Waals surface area contributed by atoms with Crippen LogP contribution in [0.3, 0.4) is 0 Å². The molecule has 1 amide bonds. The third-order valence-corrected chi connectivity index (χ3v) is 3.89. The quantitative estimate of drug-likeness (QED) is 0.778. The van der Waals surface area contributed by atoms with E-state index in [2.05, 4.69) is 10.3 Å². The van der Waals surface area contributed by atoms with Crippen LogP contribution in [0, 0.1) is 5.82 Å². The maximum Gasteiger partial charge on any atom is 0.251 e. The molecule has 3 rings (SSSR count). The van der Waals surface area contributed by atoms with Crippen LogP contribution < -0.4 is 10.2 Å². The number of imidazole rings is 1. The van der Waals surface area contributed by atoms with Gasteiger partial charge in [0.25, 0.3) is 5.91 Å². The first-order chi connectivity index (χ1) is 12.0. The first-order valence-electron chi connectivity index (χ1n) is 7.87. The molecule has 0 aliphatic rings. The molecule has 0 unspecified atom stereocenters. The number of nitrogens with zero attached hydrogens (tertiary/aromatic N) is 3. The number of carbonyl (C=O) groups excluding carboxylic acids is 1. The highest BCUT2D eigenvalue weighted by molar-refractivity contribution is 5.94. The van der Waals surface area contributed by atoms with Gasteiger partial charge in [-0.25, -0.2) is 9.37 Å². The van der Waals surface area contributed by atoms with Gasteiger partial charge in [-0.3, -0.25) is 4.79 Å². The Morgan fingerprint density at radius 2 is 1.96 bits per heavy atom. The van der Waals surface area contributed by atoms with E-state index in [0.29, 0.717) is 16.8 Å². The zero-order chi connectivity index (χ0) is 17.8. The van der Waals surface area contributed by atoms with Crippen molar-refractivity contribution in [2.75, 3.05) is 19.0 Å². The fourth-order valence-electron chi connectivity index (χ4n) is 2.47. The second-order valence-electron chi connectivity index (χ2n) is 5.88. The van der Waals surface area contributed by atoms with E-state index >= 15 is 0 Å². The standard InChI is InChI=1S/C19H19FN4O/c1-23(2)16-6-4-15(5-7-16)19(25)22-12-14-3-8-18(17(20)11-14)24-10-9-21-13-24/h3-11,13H,12H2,1-2H3,(H,22,25). The van der Waals surface area contributed by atoms with Crippen molar-refractivity contribution < 1.29 is 9.18 Å². The van der Waals surface area contributed by atoms with Gasteiger partial charge < -0.3 is 14.8 Å². The van der Waals surface area contributed by atoms with Crippen molar-refractivity contribution in [1.82, 2.24) is 14.9 Å². The lowest BCUT2D eigenvalue weighted by Gasteiger charge is -2.13. The van der Waals surface area contributed by atoms with Gasteiger partial charge in [0.15, 0.2) is 0 Å². The van der Waals surface area contributed by atoms with Crippen molar-refractivity contribution >= 4 is 11.6 Å². The van der Waals surface area contributed by atoms with Crippen LogP contribution in [-0.2, 0) is 6.54 Å². The van der Waals surface area contributed by atoms with E-state index in [1.165, 1.54) is 12.4 Å². The van der Waals surface area contributed by atoms with Crippen molar-refractivity contribution in [2.24, 2.45) is 0 Å². The molecule has 0 atom stereocenters. The highest BCUT2D eigenvalue weighted by Crippen LogP contribution is 2.15. The Morgan fingerprint density at radius 3 is 2.56 bits per heavy atom. The number of aromatic nitrogens is 2. The Labute approximate surface area is 145 Å². The predicted octanol–water partition coefficient (Wildman–Crippen LogP) is 3.01. The lowest BCUT2D eigenvalue weighted by atomic mass is 10.1. The number of rotatable bonds is 5. The number of hydrogen-bond donors (Lipinski definition) is 1. The molecule has 128 valence electrons. The minimum Gasteiger partial charge on any atom is -0.378 e. The molecule has 0 spiro atoms. The number of carbonyl (C=O) groups is 1. The van der Waals surface area contributed by atoms with E-state index in [1.807, 2.05) is 31.1 Å². The van der Waals surface area contributed by atoms with E-state index in [0.717, 1.165) is 5.69 Å². The Balaban J connectivity index is 1.65. The maximum absolute atomic E-state index is 14.2. The van der Waals surface area contributed by atoms with Crippen LogP contribution in [0.2, 0.25) is 0 Å². The second kappa shape index (κ2) is 7.17. The summed E-state index contributed by atoms with van der Waals surface area (Å²) in [6.45, 7) is 0.259. The molecule has 0 saturated heterocycles. The Kier molecular flexibility index (Phi) is 4.79. The van der Waals surface area contributed by atoms with Crippen molar-refractivity contribution in [1.29, 1.82) is 0 Å². The molecule has 0 aliphatic carbocycles. The van der Waals surface area contributed by atoms with Crippen molar-refractivity contribution in [2.45, 2.75) is 6.54 Å². The van der Waals surface area contributed by atoms with Crippen molar-refractivity contribution in [3.8, 4) is 5.69 Å². The second-order valence-corrected chi connectivity index (χ2v) is 5.88. The average molecular weight is 338 g/mol. The van der Waals surface area contributed by atoms with Crippen LogP contribution in [0.4, 0.5) is 10.1 Å². The minimum absolute atomic E-state index is 0.190. The SMILES string of the molecule is CN(C)c1ccc(C(=O)NCc2ccc(-n3ccnc3)c(F)c2)cc1. The molecule has 25 heavy (non-hydrogen) atoms. The Bertz CT molecular complexity index is 858. The number of amides is 1. The normalized spacial score (nSPS) is 10.5. The molecule has 0 fully saturated rings. The molecule has 2 aromatic carbocycles. The van der Waals surface area contributed by atoms with Gasteiger partial charge in [0.2, 0.25) is 0 Å². The van der Waals surface area contributed by atoms with E-state index in [-0.39, 0.29) is 18.3 Å². The first kappa shape index (κ1) is 16.7. The van der Waals surface area contributed by atoms with Gasteiger partial charge in [0.1, 0.15) is 5.82 Å². The molecular formula is C19H19FN4O. The fraction of sp³-hybridized carbons (Fsp3) is 0.158. The zero-order valence-corrected chi connectivity index (χ0v) is 14.1. The van der Waals surface area contributed by atoms with Gasteiger partial charge in [-0.1, -0.05) is 6.07 Å². The highest BCUT2D eigenvalue weighted by Gasteiger charge is 2.08. The Morgan fingerprint density at radius 1 is 1.20 bits per heavy atom. The van der Waals surface area contributed by atoms with Gasteiger partial charge in [0, 0.05) is 44.3 Å². The summed E-state index contributed by atoms with van der Waals surface area (Å²) in [6, 6.07) is 12.2. The molecule has 0 saturated carbocycles. The molecule has 1 aromatic heterocycles. The lowest BCUT2D eigenvalue weighted by Crippen LogP contribution is -2.23. The van der Waals surface area contributed by atoms with E-state index < -0.39 is 0 Å². The van der Waals surface area contributed by atoms with Crippen LogP contribution in [-0.4, -0.2) is 29.6 Å². The number of hydrogen-bond acceptors (Lipinski definition) is 3. The zero-order valence-electron chi connectivity index (χ0n) is 14.1. The molecule has 1 heterocycles. The summed E-state index contributed by atoms with van der Waals surface area (Å²) >= 11 is 0. The summed E-state index contributed by atoms with van der Waals surface area (Å²) in [6.07, 6.45) is 4.81. The van der Waals surface area contributed by atoms with E-state index in [9.17, 15) is 9.18 Å². The number of anilines is 1. The van der Waals surface area contributed by atoms with Crippen molar-refractivity contribution in [3.05, 3.63) is 78.1 Å². The summed E-state index contributed by atoms with van der Waals surface area (Å²) in [5.41, 5.74) is 2.71. The monoisotopic (exact) mass is 338 g/mol. The van der Waals surface area contributed by atoms with E-state index in [4.69, 9.17) is 0 Å². The van der Waals surface area contributed by atoms with Crippen LogP contribution in [0.15, 0.2) is 61.2 Å². The Hall–Kier alpha value is -3.15. The molecule has 0 bridgehead atoms. The fourth-order valence-corrected chi connectivity index (χ4v) is 2.47. The molecule has 5 nitrogen and oxygen atoms in total. The predicted molar refractivity (Wildman–Crippen MR) is 95.5 cm³/mol. The van der Waals surface area contributed by atoms with Gasteiger partial charge in [-0.2, -0.15) is 0 Å². The molecule has 1 N–H and O–H groups in total. The average Bonchev–Trinajstić information content (AvgIpc) is 3.14. The summed E-state index contributed by atoms with van der Waals surface area (Å²) in [5, 5.41) is 2.81. The molecular weight excluding hydrogens is 319 g/mol. The third kappa shape index (κ3) is 3.85. The lowest BCUT2D eigenvalue weighted by molar-refractivity contribution is 0.0951. The minimum atomic E-state index is -0.361. The third-order valence-electron chi connectivity index (χ3n) is 3.89. The summed E-state index contributed by atoms with van der Waals surface area (Å²) < 4.78 is 15.8. The molecule has 0 radical (unpaired) electrons. The summed E-state index contributed by atoms with van der Waals surface area (Å²) in [4.78, 5) is 18.1. The summed E-state index contributed by atoms with van der Waals surface area (Å²) in [7, 11) is 3.88. The van der Waals surface area contributed by atoms with Crippen molar-refractivity contribution in [3.63, 3.8) is 0 Å². The highest BCUT2D eigenvalue weighted by atomic mass is 19.1. The van der Waals surface area contributed by atoms with Gasteiger partial charge >= 0.3 is 0 Å². The molecule has 3 aromatic rings. The molecule has 6 heteroatoms. The topological polar surface area (TPSA) is 50.2 Å². The number of halogens is 1. The molecule has 0 aliphatic heterocycles. The van der Waals surface area contributed by atoms with Crippen LogP contribution in [0.1, 0.15) is 15.9 Å². The first-order valence-corrected chi connectivity index (χ1v) is 7.87. The van der Waals surface area contributed by atoms with Gasteiger partial charge in [-0.15, -0.1) is 0 Å². The number of nitrogens with one attached hydrogen (secondary N) is 1. The maximum atomic E-state index is 14.2. The number of benzene rings is 2. The van der Waals surface area contributed by atoms with Crippen LogP contribution in [0.25, 0.3) is 5.69 Å². The largest absolute Gasteiger partial charge is 0.378 e. The van der Waals surface area contributed by atoms with Gasteiger partial charge in [0.05, 0.1) is 12.0 Å². The summed E-state index contributed by atoms with van der Waals surface area (Å²) in [5.74, 6) is -0.551.